The molecule has 1 atom stereocenters. The van der Waals surface area contributed by atoms with Gasteiger partial charge in [0.25, 0.3) is 0 Å². The number of nitrogens with two attached hydrogens (primary N) is 1. The topological polar surface area (TPSA) is 29.3 Å². The smallest absolute Gasteiger partial charge is 0.0424 e. The molecule has 1 aliphatic carbocycles. The molecule has 0 radical (unpaired) electrons. The van der Waals surface area contributed by atoms with Crippen molar-refractivity contribution in [1.29, 1.82) is 0 Å². The number of rotatable bonds is 4. The molecule has 0 bridgehead atoms. The summed E-state index contributed by atoms with van der Waals surface area (Å²) >= 11 is 0. The second-order valence-corrected chi connectivity index (χ2v) is 4.19. The van der Waals surface area contributed by atoms with Crippen molar-refractivity contribution in [3.63, 3.8) is 0 Å². The maximum absolute atomic E-state index is 6.12. The molecule has 2 nitrogen and oxygen atoms in total. The van der Waals surface area contributed by atoms with Crippen molar-refractivity contribution < 1.29 is 0 Å². The van der Waals surface area contributed by atoms with E-state index in [1.54, 1.807) is 0 Å². The lowest BCUT2D eigenvalue weighted by Gasteiger charge is -2.20. The predicted molar refractivity (Wildman–Crippen MR) is 59.0 cm³/mol. The standard InChI is InChI=1S/C12H18N2/c1-14(11-7-8-11)9-12(13)10-5-3-2-4-6-10/h2-6,11-12H,7-9,13H2,1H3. The van der Waals surface area contributed by atoms with E-state index in [0.29, 0.717) is 0 Å². The van der Waals surface area contributed by atoms with Crippen LogP contribution in [0.5, 0.6) is 0 Å². The van der Waals surface area contributed by atoms with Gasteiger partial charge in [0, 0.05) is 18.6 Å². The summed E-state index contributed by atoms with van der Waals surface area (Å²) in [6, 6.07) is 11.3. The Labute approximate surface area is 85.7 Å². The summed E-state index contributed by atoms with van der Waals surface area (Å²) in [5.41, 5.74) is 7.36. The summed E-state index contributed by atoms with van der Waals surface area (Å²) in [5.74, 6) is 0. The van der Waals surface area contributed by atoms with E-state index in [0.717, 1.165) is 12.6 Å². The van der Waals surface area contributed by atoms with E-state index < -0.39 is 0 Å². The summed E-state index contributed by atoms with van der Waals surface area (Å²) in [6.07, 6.45) is 2.69. The Morgan fingerprint density at radius 3 is 2.57 bits per heavy atom. The molecule has 1 unspecified atom stereocenters. The van der Waals surface area contributed by atoms with Crippen LogP contribution in [0.4, 0.5) is 0 Å². The molecule has 1 aromatic rings. The lowest BCUT2D eigenvalue weighted by Crippen LogP contribution is -2.30. The van der Waals surface area contributed by atoms with Crippen LogP contribution in [-0.4, -0.2) is 24.5 Å². The number of likely N-dealkylation sites (N-methyl/N-ethyl adjacent to an activating group) is 1. The molecule has 0 spiro atoms. The van der Waals surface area contributed by atoms with Gasteiger partial charge in [-0.15, -0.1) is 0 Å². The molecule has 0 heterocycles. The molecule has 0 saturated heterocycles. The van der Waals surface area contributed by atoms with Gasteiger partial charge in [-0.25, -0.2) is 0 Å². The van der Waals surface area contributed by atoms with E-state index in [9.17, 15) is 0 Å². The molecule has 1 saturated carbocycles. The van der Waals surface area contributed by atoms with Crippen molar-refractivity contribution >= 4 is 0 Å². The fourth-order valence-corrected chi connectivity index (χ4v) is 1.78. The largest absolute Gasteiger partial charge is 0.323 e. The maximum atomic E-state index is 6.12. The zero-order chi connectivity index (χ0) is 9.97. The maximum Gasteiger partial charge on any atom is 0.0424 e. The zero-order valence-corrected chi connectivity index (χ0v) is 8.69. The lowest BCUT2D eigenvalue weighted by molar-refractivity contribution is 0.303. The van der Waals surface area contributed by atoms with E-state index in [1.165, 1.54) is 18.4 Å². The highest BCUT2D eigenvalue weighted by Crippen LogP contribution is 2.26. The Kier molecular flexibility index (Phi) is 2.85. The van der Waals surface area contributed by atoms with Gasteiger partial charge >= 0.3 is 0 Å². The van der Waals surface area contributed by atoms with Gasteiger partial charge in [0.15, 0.2) is 0 Å². The molecule has 1 fully saturated rings. The Balaban J connectivity index is 1.91. The SMILES string of the molecule is CN(CC(N)c1ccccc1)C1CC1. The minimum absolute atomic E-state index is 0.154. The molecule has 1 aromatic carbocycles. The fraction of sp³-hybridized carbons (Fsp3) is 0.500. The Morgan fingerprint density at radius 1 is 1.36 bits per heavy atom. The highest BCUT2D eigenvalue weighted by molar-refractivity contribution is 5.18. The molecule has 14 heavy (non-hydrogen) atoms. The van der Waals surface area contributed by atoms with Crippen molar-refractivity contribution in [2.24, 2.45) is 5.73 Å². The Hall–Kier alpha value is -0.860. The number of hydrogen-bond acceptors (Lipinski definition) is 2. The molecule has 0 aromatic heterocycles. The second kappa shape index (κ2) is 4.11. The zero-order valence-electron chi connectivity index (χ0n) is 8.69. The van der Waals surface area contributed by atoms with Crippen LogP contribution in [0.15, 0.2) is 30.3 Å². The summed E-state index contributed by atoms with van der Waals surface area (Å²) in [4.78, 5) is 2.37. The first-order valence-corrected chi connectivity index (χ1v) is 5.28. The Bertz CT molecular complexity index is 280. The average molecular weight is 190 g/mol. The van der Waals surface area contributed by atoms with Crippen molar-refractivity contribution in [1.82, 2.24) is 4.90 Å². The molecular formula is C12H18N2. The molecule has 76 valence electrons. The average Bonchev–Trinajstić information content (AvgIpc) is 3.02. The number of benzene rings is 1. The summed E-state index contributed by atoms with van der Waals surface area (Å²) in [6.45, 7) is 0.967. The van der Waals surface area contributed by atoms with Crippen LogP contribution < -0.4 is 5.73 Å². The molecule has 1 aliphatic rings. The minimum Gasteiger partial charge on any atom is -0.323 e. The van der Waals surface area contributed by atoms with Gasteiger partial charge in [-0.2, -0.15) is 0 Å². The van der Waals surface area contributed by atoms with Crippen LogP contribution >= 0.6 is 0 Å². The molecule has 2 N–H and O–H groups in total. The normalized spacial score (nSPS) is 18.5. The van der Waals surface area contributed by atoms with Crippen LogP contribution in [0.2, 0.25) is 0 Å². The first kappa shape index (κ1) is 9.69. The van der Waals surface area contributed by atoms with Gasteiger partial charge in [-0.1, -0.05) is 30.3 Å². The van der Waals surface area contributed by atoms with Crippen molar-refractivity contribution in [3.8, 4) is 0 Å². The van der Waals surface area contributed by atoms with Crippen molar-refractivity contribution in [3.05, 3.63) is 35.9 Å². The summed E-state index contributed by atoms with van der Waals surface area (Å²) in [7, 11) is 2.17. The van der Waals surface area contributed by atoms with Crippen molar-refractivity contribution in [2.75, 3.05) is 13.6 Å². The van der Waals surface area contributed by atoms with Crippen LogP contribution in [0.3, 0.4) is 0 Å². The highest BCUT2D eigenvalue weighted by Gasteiger charge is 2.26. The lowest BCUT2D eigenvalue weighted by atomic mass is 10.1. The molecule has 0 amide bonds. The quantitative estimate of drug-likeness (QED) is 0.784. The molecule has 2 rings (SSSR count). The predicted octanol–water partition coefficient (Wildman–Crippen LogP) is 1.78. The molecule has 2 heteroatoms. The van der Waals surface area contributed by atoms with Gasteiger partial charge in [-0.05, 0) is 25.5 Å². The minimum atomic E-state index is 0.154. The van der Waals surface area contributed by atoms with Crippen LogP contribution in [-0.2, 0) is 0 Å². The van der Waals surface area contributed by atoms with E-state index in [4.69, 9.17) is 5.73 Å². The monoisotopic (exact) mass is 190 g/mol. The van der Waals surface area contributed by atoms with Crippen molar-refractivity contribution in [2.45, 2.75) is 24.9 Å². The van der Waals surface area contributed by atoms with E-state index in [1.807, 2.05) is 18.2 Å². The fourth-order valence-electron chi connectivity index (χ4n) is 1.78. The third kappa shape index (κ3) is 2.34. The van der Waals surface area contributed by atoms with Gasteiger partial charge < -0.3 is 10.6 Å². The highest BCUT2D eigenvalue weighted by atomic mass is 15.2. The van der Waals surface area contributed by atoms with Crippen LogP contribution in [0.1, 0.15) is 24.4 Å². The molecular weight excluding hydrogens is 172 g/mol. The van der Waals surface area contributed by atoms with E-state index >= 15 is 0 Å². The number of hydrogen-bond donors (Lipinski definition) is 1. The van der Waals surface area contributed by atoms with Gasteiger partial charge in [-0.3, -0.25) is 0 Å². The summed E-state index contributed by atoms with van der Waals surface area (Å²) in [5, 5.41) is 0. The van der Waals surface area contributed by atoms with Crippen LogP contribution in [0, 0.1) is 0 Å². The second-order valence-electron chi connectivity index (χ2n) is 4.19. The van der Waals surface area contributed by atoms with E-state index in [2.05, 4.69) is 24.1 Å². The summed E-state index contributed by atoms with van der Waals surface area (Å²) < 4.78 is 0. The molecule has 0 aliphatic heterocycles. The van der Waals surface area contributed by atoms with Gasteiger partial charge in [0.2, 0.25) is 0 Å². The first-order valence-electron chi connectivity index (χ1n) is 5.28. The Morgan fingerprint density at radius 2 is 2.00 bits per heavy atom. The van der Waals surface area contributed by atoms with E-state index in [-0.39, 0.29) is 6.04 Å². The number of nitrogens with zero attached hydrogens (tertiary/aromatic N) is 1. The first-order chi connectivity index (χ1) is 6.77. The van der Waals surface area contributed by atoms with Gasteiger partial charge in [0.1, 0.15) is 0 Å². The van der Waals surface area contributed by atoms with Gasteiger partial charge in [0.05, 0.1) is 0 Å². The third-order valence-electron chi connectivity index (χ3n) is 2.88. The van der Waals surface area contributed by atoms with Crippen LogP contribution in [0.25, 0.3) is 0 Å². The third-order valence-corrected chi connectivity index (χ3v) is 2.88.